The van der Waals surface area contributed by atoms with E-state index in [-0.39, 0.29) is 24.2 Å². The largest absolute Gasteiger partial charge is 0.351 e. The van der Waals surface area contributed by atoms with Crippen molar-refractivity contribution in [2.24, 2.45) is 0 Å². The van der Waals surface area contributed by atoms with Crippen molar-refractivity contribution in [3.63, 3.8) is 0 Å². The lowest BCUT2D eigenvalue weighted by Crippen LogP contribution is -2.23. The fourth-order valence-electron chi connectivity index (χ4n) is 1.38. The molecule has 0 aliphatic carbocycles. The van der Waals surface area contributed by atoms with E-state index < -0.39 is 0 Å². The smallest absolute Gasteiger partial charge is 0.235 e. The summed E-state index contributed by atoms with van der Waals surface area (Å²) < 4.78 is 0. The summed E-state index contributed by atoms with van der Waals surface area (Å²) in [5, 5.41) is 2.73. The Morgan fingerprint density at radius 1 is 1.24 bits per heavy atom. The SMILES string of the molecule is CN(C)Cc1ccc(CNC(=O)CCl)cc1.Cl. The predicted octanol–water partition coefficient (Wildman–Crippen LogP) is 2.02. The van der Waals surface area contributed by atoms with Gasteiger partial charge in [-0.15, -0.1) is 24.0 Å². The van der Waals surface area contributed by atoms with Gasteiger partial charge in [-0.2, -0.15) is 0 Å². The Kier molecular flexibility index (Phi) is 7.96. The lowest BCUT2D eigenvalue weighted by atomic mass is 10.1. The molecule has 3 nitrogen and oxygen atoms in total. The van der Waals surface area contributed by atoms with Gasteiger partial charge in [0.05, 0.1) is 0 Å². The molecular weight excluding hydrogens is 259 g/mol. The normalized spacial score (nSPS) is 9.88. The van der Waals surface area contributed by atoms with E-state index in [0.717, 1.165) is 12.1 Å². The number of hydrogen-bond donors (Lipinski definition) is 1. The lowest BCUT2D eigenvalue weighted by molar-refractivity contribution is -0.118. The average Bonchev–Trinajstić information content (AvgIpc) is 2.27. The molecule has 0 aliphatic heterocycles. The van der Waals surface area contributed by atoms with Crippen molar-refractivity contribution in [2.75, 3.05) is 20.0 Å². The van der Waals surface area contributed by atoms with Crippen LogP contribution in [-0.2, 0) is 17.9 Å². The van der Waals surface area contributed by atoms with E-state index in [0.29, 0.717) is 6.54 Å². The highest BCUT2D eigenvalue weighted by Crippen LogP contribution is 2.05. The molecule has 96 valence electrons. The topological polar surface area (TPSA) is 32.3 Å². The maximum absolute atomic E-state index is 10.9. The van der Waals surface area contributed by atoms with Crippen molar-refractivity contribution in [1.29, 1.82) is 0 Å². The van der Waals surface area contributed by atoms with Crippen LogP contribution in [0.25, 0.3) is 0 Å². The molecule has 1 rings (SSSR count). The second-order valence-corrected chi connectivity index (χ2v) is 4.23. The van der Waals surface area contributed by atoms with Crippen molar-refractivity contribution < 1.29 is 4.79 Å². The summed E-state index contributed by atoms with van der Waals surface area (Å²) in [7, 11) is 4.07. The number of carbonyl (C=O) groups is 1. The van der Waals surface area contributed by atoms with Gasteiger partial charge in [0.15, 0.2) is 0 Å². The van der Waals surface area contributed by atoms with Crippen LogP contribution >= 0.6 is 24.0 Å². The van der Waals surface area contributed by atoms with Gasteiger partial charge in [0.1, 0.15) is 5.88 Å². The van der Waals surface area contributed by atoms with Gasteiger partial charge in [-0.05, 0) is 25.2 Å². The summed E-state index contributed by atoms with van der Waals surface area (Å²) in [5.74, 6) is -0.127. The molecule has 1 aromatic rings. The number of rotatable bonds is 5. The van der Waals surface area contributed by atoms with Crippen LogP contribution in [0.2, 0.25) is 0 Å². The first kappa shape index (κ1) is 16.2. The van der Waals surface area contributed by atoms with Crippen molar-refractivity contribution in [1.82, 2.24) is 10.2 Å². The minimum absolute atomic E-state index is 0. The highest BCUT2D eigenvalue weighted by molar-refractivity contribution is 6.27. The Balaban J connectivity index is 0.00000256. The second kappa shape index (κ2) is 8.34. The maximum atomic E-state index is 10.9. The first-order chi connectivity index (χ1) is 7.61. The Morgan fingerprint density at radius 2 is 1.76 bits per heavy atom. The van der Waals surface area contributed by atoms with E-state index in [2.05, 4.69) is 22.3 Å². The average molecular weight is 277 g/mol. The summed E-state index contributed by atoms with van der Waals surface area (Å²) in [5.41, 5.74) is 2.35. The number of carbonyl (C=O) groups excluding carboxylic acids is 1. The molecule has 0 heterocycles. The lowest BCUT2D eigenvalue weighted by Gasteiger charge is -2.10. The van der Waals surface area contributed by atoms with Gasteiger partial charge in [-0.3, -0.25) is 4.79 Å². The zero-order chi connectivity index (χ0) is 12.0. The maximum Gasteiger partial charge on any atom is 0.235 e. The van der Waals surface area contributed by atoms with Gasteiger partial charge >= 0.3 is 0 Å². The number of benzene rings is 1. The highest BCUT2D eigenvalue weighted by atomic mass is 35.5. The minimum atomic E-state index is -0.140. The van der Waals surface area contributed by atoms with E-state index >= 15 is 0 Å². The van der Waals surface area contributed by atoms with Gasteiger partial charge in [0, 0.05) is 13.1 Å². The molecule has 0 atom stereocenters. The van der Waals surface area contributed by atoms with Crippen LogP contribution in [0.1, 0.15) is 11.1 Å². The summed E-state index contributed by atoms with van der Waals surface area (Å²) in [6, 6.07) is 8.19. The standard InChI is InChI=1S/C12H17ClN2O.ClH/c1-15(2)9-11-5-3-10(4-6-11)8-14-12(16)7-13;/h3-6H,7-9H2,1-2H3,(H,14,16);1H. The van der Waals surface area contributed by atoms with Crippen LogP contribution in [-0.4, -0.2) is 30.8 Å². The van der Waals surface area contributed by atoms with Gasteiger partial charge in [-0.1, -0.05) is 24.3 Å². The van der Waals surface area contributed by atoms with Crippen molar-refractivity contribution >= 4 is 29.9 Å². The quantitative estimate of drug-likeness (QED) is 0.835. The first-order valence-electron chi connectivity index (χ1n) is 5.17. The Bertz CT molecular complexity index is 339. The number of amides is 1. The fraction of sp³-hybridized carbons (Fsp3) is 0.417. The van der Waals surface area contributed by atoms with Gasteiger partial charge < -0.3 is 10.2 Å². The third-order valence-corrected chi connectivity index (χ3v) is 2.38. The molecule has 0 aromatic heterocycles. The molecule has 0 bridgehead atoms. The molecule has 0 saturated heterocycles. The number of alkyl halides is 1. The van der Waals surface area contributed by atoms with Gasteiger partial charge in [0.25, 0.3) is 0 Å². The Labute approximate surface area is 114 Å². The van der Waals surface area contributed by atoms with Crippen LogP contribution in [0.3, 0.4) is 0 Å². The second-order valence-electron chi connectivity index (χ2n) is 3.96. The van der Waals surface area contributed by atoms with E-state index in [1.165, 1.54) is 5.56 Å². The molecule has 5 heteroatoms. The molecule has 0 aliphatic rings. The van der Waals surface area contributed by atoms with Crippen LogP contribution in [0.5, 0.6) is 0 Å². The monoisotopic (exact) mass is 276 g/mol. The summed E-state index contributed by atoms with van der Waals surface area (Å²) in [6.07, 6.45) is 0. The Morgan fingerprint density at radius 3 is 2.24 bits per heavy atom. The van der Waals surface area contributed by atoms with E-state index in [1.54, 1.807) is 0 Å². The molecule has 1 amide bonds. The third kappa shape index (κ3) is 6.51. The highest BCUT2D eigenvalue weighted by Gasteiger charge is 1.99. The molecule has 0 radical (unpaired) electrons. The molecule has 1 aromatic carbocycles. The number of halogens is 2. The summed E-state index contributed by atoms with van der Waals surface area (Å²) in [6.45, 7) is 1.46. The number of nitrogens with one attached hydrogen (secondary N) is 1. The zero-order valence-corrected chi connectivity index (χ0v) is 11.6. The van der Waals surface area contributed by atoms with Crippen LogP contribution < -0.4 is 5.32 Å². The first-order valence-corrected chi connectivity index (χ1v) is 5.70. The van der Waals surface area contributed by atoms with E-state index in [1.807, 2.05) is 26.2 Å². The zero-order valence-electron chi connectivity index (χ0n) is 10.1. The molecule has 0 spiro atoms. The summed E-state index contributed by atoms with van der Waals surface area (Å²) in [4.78, 5) is 13.1. The fourth-order valence-corrected chi connectivity index (χ4v) is 1.47. The summed E-state index contributed by atoms with van der Waals surface area (Å²) >= 11 is 5.38. The molecule has 0 unspecified atom stereocenters. The van der Waals surface area contributed by atoms with E-state index in [9.17, 15) is 4.79 Å². The van der Waals surface area contributed by atoms with Crippen molar-refractivity contribution in [3.8, 4) is 0 Å². The van der Waals surface area contributed by atoms with Crippen LogP contribution in [0, 0.1) is 0 Å². The van der Waals surface area contributed by atoms with Crippen LogP contribution in [0.4, 0.5) is 0 Å². The van der Waals surface area contributed by atoms with E-state index in [4.69, 9.17) is 11.6 Å². The predicted molar refractivity (Wildman–Crippen MR) is 73.6 cm³/mol. The van der Waals surface area contributed by atoms with Crippen molar-refractivity contribution in [3.05, 3.63) is 35.4 Å². The van der Waals surface area contributed by atoms with Crippen molar-refractivity contribution in [2.45, 2.75) is 13.1 Å². The minimum Gasteiger partial charge on any atom is -0.351 e. The van der Waals surface area contributed by atoms with Crippen LogP contribution in [0.15, 0.2) is 24.3 Å². The molecule has 0 saturated carbocycles. The number of nitrogens with zero attached hydrogens (tertiary/aromatic N) is 1. The van der Waals surface area contributed by atoms with Gasteiger partial charge in [-0.25, -0.2) is 0 Å². The van der Waals surface area contributed by atoms with Gasteiger partial charge in [0.2, 0.25) is 5.91 Å². The molecule has 17 heavy (non-hydrogen) atoms. The number of hydrogen-bond acceptors (Lipinski definition) is 2. The molecule has 0 fully saturated rings. The molecule has 1 N–H and O–H groups in total. The third-order valence-electron chi connectivity index (χ3n) is 2.13. The molecular formula is C12H18Cl2N2O. The Hall–Kier alpha value is -0.770.